The topological polar surface area (TPSA) is 15.3 Å². The molecule has 3 unspecified atom stereocenters. The van der Waals surface area contributed by atoms with Gasteiger partial charge < -0.3 is 10.2 Å². The smallest absolute Gasteiger partial charge is 0.00204 e. The lowest BCUT2D eigenvalue weighted by molar-refractivity contribution is 0.304. The molecule has 0 amide bonds. The van der Waals surface area contributed by atoms with Gasteiger partial charge in [-0.2, -0.15) is 0 Å². The molecule has 0 saturated carbocycles. The second-order valence-electron chi connectivity index (χ2n) is 16.9. The van der Waals surface area contributed by atoms with Crippen LogP contribution in [0.2, 0.25) is 0 Å². The Labute approximate surface area is 312 Å². The Bertz CT molecular complexity index is 620. The Morgan fingerprint density at radius 2 is 0.816 bits per heavy atom. The molecule has 0 saturated heterocycles. The molecular weight excluding hydrogens is 593 g/mol. The fourth-order valence-corrected chi connectivity index (χ4v) is 7.62. The van der Waals surface area contributed by atoms with Crippen LogP contribution in [0.3, 0.4) is 0 Å². The molecule has 0 aromatic heterocycles. The maximum absolute atomic E-state index is 3.77. The minimum absolute atomic E-state index is 0.679. The summed E-state index contributed by atoms with van der Waals surface area (Å²) in [7, 11) is 4.36. The van der Waals surface area contributed by atoms with Crippen LogP contribution in [-0.4, -0.2) is 38.6 Å². The molecule has 2 heteroatoms. The second kappa shape index (κ2) is 38.9. The highest BCUT2D eigenvalue weighted by Gasteiger charge is 2.18. The minimum atomic E-state index is 0.679. The molecule has 0 aliphatic rings. The summed E-state index contributed by atoms with van der Waals surface area (Å²) >= 11 is 0. The number of nitrogens with zero attached hydrogens (tertiary/aromatic N) is 1. The van der Waals surface area contributed by atoms with E-state index >= 15 is 0 Å². The molecule has 0 heterocycles. The van der Waals surface area contributed by atoms with Crippen molar-refractivity contribution < 1.29 is 0 Å². The van der Waals surface area contributed by atoms with E-state index in [2.05, 4.69) is 65.0 Å². The first-order chi connectivity index (χ1) is 23.9. The molecule has 1 N–H and O–H groups in total. The van der Waals surface area contributed by atoms with E-state index in [0.29, 0.717) is 5.92 Å². The minimum Gasteiger partial charge on any atom is -0.316 e. The number of rotatable bonds is 40. The fourth-order valence-electron chi connectivity index (χ4n) is 7.62. The van der Waals surface area contributed by atoms with E-state index in [-0.39, 0.29) is 0 Å². The van der Waals surface area contributed by atoms with Gasteiger partial charge in [-0.25, -0.2) is 0 Å². The molecule has 0 fully saturated rings. The van der Waals surface area contributed by atoms with E-state index in [1.165, 1.54) is 219 Å². The van der Waals surface area contributed by atoms with Gasteiger partial charge in [0.05, 0.1) is 0 Å². The average Bonchev–Trinajstić information content (AvgIpc) is 3.09. The highest BCUT2D eigenvalue weighted by atomic mass is 15.0. The van der Waals surface area contributed by atoms with Crippen molar-refractivity contribution in [3.8, 4) is 0 Å². The van der Waals surface area contributed by atoms with Crippen molar-refractivity contribution in [3.63, 3.8) is 0 Å². The van der Waals surface area contributed by atoms with Crippen LogP contribution in [0, 0.1) is 17.8 Å². The summed E-state index contributed by atoms with van der Waals surface area (Å²) < 4.78 is 0. The molecule has 0 rings (SSSR count). The highest BCUT2D eigenvalue weighted by molar-refractivity contribution is 5.05. The molecule has 3 atom stereocenters. The fraction of sp³-hybridized carbons (Fsp3) is 0.957. The van der Waals surface area contributed by atoms with Crippen LogP contribution < -0.4 is 5.32 Å². The van der Waals surface area contributed by atoms with E-state index in [0.717, 1.165) is 18.4 Å². The molecular formula is C47H96N2. The van der Waals surface area contributed by atoms with Gasteiger partial charge in [0, 0.05) is 0 Å². The van der Waals surface area contributed by atoms with Gasteiger partial charge in [-0.05, 0) is 90.0 Å². The quantitative estimate of drug-likeness (QED) is 0.0509. The zero-order valence-electron chi connectivity index (χ0n) is 35.5. The van der Waals surface area contributed by atoms with Gasteiger partial charge in [0.25, 0.3) is 0 Å². The normalized spacial score (nSPS) is 13.6. The third-order valence-electron chi connectivity index (χ3n) is 11.6. The Morgan fingerprint density at radius 3 is 1.16 bits per heavy atom. The number of hydrogen-bond donors (Lipinski definition) is 1. The summed E-state index contributed by atoms with van der Waals surface area (Å²) in [5.74, 6) is 2.14. The summed E-state index contributed by atoms with van der Waals surface area (Å²) in [6, 6.07) is 0. The second-order valence-corrected chi connectivity index (χ2v) is 16.9. The lowest BCUT2D eigenvalue weighted by Crippen LogP contribution is -2.28. The van der Waals surface area contributed by atoms with Crippen molar-refractivity contribution in [2.45, 2.75) is 240 Å². The monoisotopic (exact) mass is 689 g/mol. The SMILES string of the molecule is CCCCCCCCCCCCCCCCC(=CC(C)C(C)C(C)CNCCCCN(C)C)CCCCCCCCCCCCCCCC. The van der Waals surface area contributed by atoms with E-state index < -0.39 is 0 Å². The third kappa shape index (κ3) is 35.8. The summed E-state index contributed by atoms with van der Waals surface area (Å²) in [5, 5.41) is 3.77. The summed E-state index contributed by atoms with van der Waals surface area (Å²) in [6.45, 7) is 15.7. The van der Waals surface area contributed by atoms with Gasteiger partial charge in [0.2, 0.25) is 0 Å². The standard InChI is InChI=1S/C47H96N2/c1-8-10-12-14-16-18-20-22-24-26-28-30-32-34-38-47(39-35-33-31-29-27-25-23-21-19-17-15-13-11-9-2)42-44(3)46(5)45(4)43-48-40-36-37-41-49(6)7/h42,44-46,48H,8-41,43H2,1-7H3. The van der Waals surface area contributed by atoms with Crippen molar-refractivity contribution in [1.82, 2.24) is 10.2 Å². The van der Waals surface area contributed by atoms with Crippen LogP contribution in [0.1, 0.15) is 240 Å². The molecule has 0 bridgehead atoms. The maximum Gasteiger partial charge on any atom is -0.00204 e. The Kier molecular flexibility index (Phi) is 38.6. The molecule has 0 aliphatic heterocycles. The van der Waals surface area contributed by atoms with Crippen molar-refractivity contribution in [2.75, 3.05) is 33.7 Å². The Morgan fingerprint density at radius 1 is 0.469 bits per heavy atom. The zero-order chi connectivity index (χ0) is 36.0. The van der Waals surface area contributed by atoms with Gasteiger partial charge in [0.15, 0.2) is 0 Å². The van der Waals surface area contributed by atoms with Gasteiger partial charge in [0.1, 0.15) is 0 Å². The number of hydrogen-bond acceptors (Lipinski definition) is 2. The molecule has 0 aromatic rings. The van der Waals surface area contributed by atoms with Crippen molar-refractivity contribution in [1.29, 1.82) is 0 Å². The maximum atomic E-state index is 3.77. The number of nitrogens with one attached hydrogen (secondary N) is 1. The van der Waals surface area contributed by atoms with Crippen molar-refractivity contribution in [3.05, 3.63) is 11.6 Å². The summed E-state index contributed by atoms with van der Waals surface area (Å²) in [6.07, 6.45) is 48.6. The molecule has 0 aromatic carbocycles. The van der Waals surface area contributed by atoms with Crippen LogP contribution in [0.4, 0.5) is 0 Å². The molecule has 0 radical (unpaired) electrons. The average molecular weight is 689 g/mol. The van der Waals surface area contributed by atoms with Gasteiger partial charge in [-0.15, -0.1) is 0 Å². The lowest BCUT2D eigenvalue weighted by Gasteiger charge is -2.25. The molecule has 0 aliphatic carbocycles. The molecule has 0 spiro atoms. The zero-order valence-corrected chi connectivity index (χ0v) is 35.5. The lowest BCUT2D eigenvalue weighted by atomic mass is 9.83. The number of unbranched alkanes of at least 4 members (excludes halogenated alkanes) is 27. The van der Waals surface area contributed by atoms with E-state index in [4.69, 9.17) is 0 Å². The van der Waals surface area contributed by atoms with Gasteiger partial charge >= 0.3 is 0 Å². The summed E-state index contributed by atoms with van der Waals surface area (Å²) in [5.41, 5.74) is 1.79. The first kappa shape index (κ1) is 48.7. The van der Waals surface area contributed by atoms with Crippen LogP contribution in [0.25, 0.3) is 0 Å². The number of allylic oxidation sites excluding steroid dienone is 2. The van der Waals surface area contributed by atoms with Gasteiger partial charge in [-0.3, -0.25) is 0 Å². The van der Waals surface area contributed by atoms with Crippen LogP contribution in [0.5, 0.6) is 0 Å². The first-order valence-corrected chi connectivity index (χ1v) is 23.0. The Hall–Kier alpha value is -0.340. The van der Waals surface area contributed by atoms with Crippen molar-refractivity contribution in [2.24, 2.45) is 17.8 Å². The predicted molar refractivity (Wildman–Crippen MR) is 226 cm³/mol. The van der Waals surface area contributed by atoms with Gasteiger partial charge in [-0.1, -0.05) is 213 Å². The molecule has 2 nitrogen and oxygen atoms in total. The van der Waals surface area contributed by atoms with Crippen LogP contribution >= 0.6 is 0 Å². The molecule has 294 valence electrons. The largest absolute Gasteiger partial charge is 0.316 e. The van der Waals surface area contributed by atoms with E-state index in [1.54, 1.807) is 5.57 Å². The van der Waals surface area contributed by atoms with Crippen LogP contribution in [-0.2, 0) is 0 Å². The first-order valence-electron chi connectivity index (χ1n) is 23.0. The van der Waals surface area contributed by atoms with Crippen molar-refractivity contribution >= 4 is 0 Å². The van der Waals surface area contributed by atoms with E-state index in [1.807, 2.05) is 0 Å². The molecule has 49 heavy (non-hydrogen) atoms. The highest BCUT2D eigenvalue weighted by Crippen LogP contribution is 2.27. The van der Waals surface area contributed by atoms with E-state index in [9.17, 15) is 0 Å². The predicted octanol–water partition coefficient (Wildman–Crippen LogP) is 15.5. The third-order valence-corrected chi connectivity index (χ3v) is 11.6. The van der Waals surface area contributed by atoms with Crippen LogP contribution in [0.15, 0.2) is 11.6 Å². The Balaban J connectivity index is 4.38. The summed E-state index contributed by atoms with van der Waals surface area (Å²) in [4.78, 5) is 2.30.